The minimum absolute atomic E-state index is 0.135. The molecule has 0 radical (unpaired) electrons. The van der Waals surface area contributed by atoms with E-state index in [1.165, 1.54) is 10.9 Å². The van der Waals surface area contributed by atoms with Crippen molar-refractivity contribution in [2.45, 2.75) is 0 Å². The van der Waals surface area contributed by atoms with E-state index in [1.54, 1.807) is 24.3 Å². The van der Waals surface area contributed by atoms with Gasteiger partial charge in [0.15, 0.2) is 0 Å². The number of benzene rings is 1. The summed E-state index contributed by atoms with van der Waals surface area (Å²) in [5.74, 6) is 5.89. The van der Waals surface area contributed by atoms with Crippen LogP contribution in [0.2, 0.25) is 0 Å². The van der Waals surface area contributed by atoms with Gasteiger partial charge in [-0.05, 0) is 29.8 Å². The largest absolute Gasteiger partial charge is 0.382 e. The van der Waals surface area contributed by atoms with E-state index in [9.17, 15) is 0 Å². The first-order valence-corrected chi connectivity index (χ1v) is 5.60. The summed E-state index contributed by atoms with van der Waals surface area (Å²) in [4.78, 5) is 2.61. The van der Waals surface area contributed by atoms with E-state index in [4.69, 9.17) is 16.5 Å². The molecule has 1 aromatic carbocycles. The Bertz CT molecular complexity index is 762. The molecule has 0 atom stereocenters. The summed E-state index contributed by atoms with van der Waals surface area (Å²) in [5.41, 5.74) is 15.8. The number of azide groups is 1. The summed E-state index contributed by atoms with van der Waals surface area (Å²) in [6.07, 6.45) is 1.42. The third-order valence-electron chi connectivity index (χ3n) is 2.48. The second-order valence-corrected chi connectivity index (χ2v) is 3.70. The van der Waals surface area contributed by atoms with Gasteiger partial charge in [-0.3, -0.25) is 0 Å². The first-order valence-electron chi connectivity index (χ1n) is 5.60. The van der Waals surface area contributed by atoms with E-state index >= 15 is 0 Å². The zero-order valence-corrected chi connectivity index (χ0v) is 10.4. The quantitative estimate of drug-likeness (QED) is 0.386. The predicted molar refractivity (Wildman–Crippen MR) is 73.6 cm³/mol. The van der Waals surface area contributed by atoms with Crippen molar-refractivity contribution in [1.82, 2.24) is 9.78 Å². The van der Waals surface area contributed by atoms with E-state index in [-0.39, 0.29) is 6.54 Å². The monoisotopic (exact) mass is 263 g/mol. The molecule has 0 fully saturated rings. The zero-order chi connectivity index (χ0) is 14.4. The molecule has 0 saturated carbocycles. The highest BCUT2D eigenvalue weighted by molar-refractivity contribution is 5.53. The Kier molecular flexibility index (Phi) is 3.89. The van der Waals surface area contributed by atoms with Crippen molar-refractivity contribution in [3.63, 3.8) is 0 Å². The summed E-state index contributed by atoms with van der Waals surface area (Å²) >= 11 is 0. The molecule has 0 aliphatic heterocycles. The molecule has 2 N–H and O–H groups in total. The summed E-state index contributed by atoms with van der Waals surface area (Å²) in [5, 5.41) is 16.2. The van der Waals surface area contributed by atoms with E-state index < -0.39 is 0 Å². The van der Waals surface area contributed by atoms with Crippen LogP contribution in [0.5, 0.6) is 0 Å². The van der Waals surface area contributed by atoms with Crippen molar-refractivity contribution < 1.29 is 0 Å². The molecule has 2 rings (SSSR count). The lowest BCUT2D eigenvalue weighted by Gasteiger charge is -2.03. The van der Waals surface area contributed by atoms with Crippen molar-refractivity contribution >= 4 is 5.82 Å². The van der Waals surface area contributed by atoms with Crippen molar-refractivity contribution in [3.8, 4) is 23.6 Å². The second kappa shape index (κ2) is 5.96. The van der Waals surface area contributed by atoms with E-state index in [0.29, 0.717) is 11.4 Å². The van der Waals surface area contributed by atoms with E-state index in [1.807, 2.05) is 6.07 Å². The number of hydrogen-bond donors (Lipinski definition) is 1. The van der Waals surface area contributed by atoms with Gasteiger partial charge in [-0.15, -0.1) is 0 Å². The zero-order valence-electron chi connectivity index (χ0n) is 10.4. The average Bonchev–Trinajstić information content (AvgIpc) is 2.85. The lowest BCUT2D eigenvalue weighted by molar-refractivity contribution is 0.891. The molecule has 0 spiro atoms. The maximum Gasteiger partial charge on any atom is 0.145 e. The Morgan fingerprint density at radius 1 is 1.40 bits per heavy atom. The van der Waals surface area contributed by atoms with Gasteiger partial charge < -0.3 is 5.73 Å². The third-order valence-corrected chi connectivity index (χ3v) is 2.48. The van der Waals surface area contributed by atoms with Gasteiger partial charge in [-0.25, -0.2) is 4.68 Å². The molecule has 0 unspecified atom stereocenters. The third kappa shape index (κ3) is 2.70. The predicted octanol–water partition coefficient (Wildman–Crippen LogP) is 1.99. The van der Waals surface area contributed by atoms with E-state index in [2.05, 4.69) is 27.0 Å². The Morgan fingerprint density at radius 3 is 2.75 bits per heavy atom. The fourth-order valence-corrected chi connectivity index (χ4v) is 1.54. The first-order chi connectivity index (χ1) is 9.76. The molecule has 0 bridgehead atoms. The van der Waals surface area contributed by atoms with Crippen LogP contribution in [0.1, 0.15) is 11.1 Å². The minimum Gasteiger partial charge on any atom is -0.382 e. The van der Waals surface area contributed by atoms with Crippen LogP contribution in [0.3, 0.4) is 0 Å². The van der Waals surface area contributed by atoms with Crippen LogP contribution in [0.4, 0.5) is 5.82 Å². The standard InChI is InChI=1S/C13H9N7/c14-8-11-9-18-20(13(11)15)12-5-3-10(4-6-12)2-1-7-17-19-16/h3-6,9H,7,15H2. The number of rotatable bonds is 2. The summed E-state index contributed by atoms with van der Waals surface area (Å²) < 4.78 is 1.48. The number of nitrogens with two attached hydrogens (primary N) is 1. The van der Waals surface area contributed by atoms with Crippen LogP contribution in [-0.2, 0) is 0 Å². The number of anilines is 1. The molecule has 0 aliphatic rings. The van der Waals surface area contributed by atoms with Crippen LogP contribution < -0.4 is 5.73 Å². The normalized spacial score (nSPS) is 8.95. The number of nitriles is 1. The lowest BCUT2D eigenvalue weighted by Crippen LogP contribution is -2.02. The molecular formula is C13H9N7. The van der Waals surface area contributed by atoms with Gasteiger partial charge in [0.2, 0.25) is 0 Å². The van der Waals surface area contributed by atoms with Crippen molar-refractivity contribution in [2.75, 3.05) is 12.3 Å². The highest BCUT2D eigenvalue weighted by Gasteiger charge is 2.07. The second-order valence-electron chi connectivity index (χ2n) is 3.70. The average molecular weight is 263 g/mol. The molecular weight excluding hydrogens is 254 g/mol. The molecule has 96 valence electrons. The molecule has 7 nitrogen and oxygen atoms in total. The number of nitrogen functional groups attached to an aromatic ring is 1. The Labute approximate surface area is 114 Å². The molecule has 0 amide bonds. The van der Waals surface area contributed by atoms with Gasteiger partial charge in [0, 0.05) is 10.5 Å². The molecule has 2 aromatic rings. The number of nitrogens with zero attached hydrogens (tertiary/aromatic N) is 6. The van der Waals surface area contributed by atoms with Crippen LogP contribution in [0.25, 0.3) is 16.1 Å². The van der Waals surface area contributed by atoms with Gasteiger partial charge in [0.25, 0.3) is 0 Å². The molecule has 7 heteroatoms. The Morgan fingerprint density at radius 2 is 2.15 bits per heavy atom. The van der Waals surface area contributed by atoms with Crippen LogP contribution in [0.15, 0.2) is 35.6 Å². The maximum absolute atomic E-state index is 8.83. The Balaban J connectivity index is 2.23. The first kappa shape index (κ1) is 13.0. The van der Waals surface area contributed by atoms with Gasteiger partial charge in [-0.1, -0.05) is 17.0 Å². The summed E-state index contributed by atoms with van der Waals surface area (Å²) in [7, 11) is 0. The van der Waals surface area contributed by atoms with Crippen LogP contribution in [-0.4, -0.2) is 16.3 Å². The Hall–Kier alpha value is -3.41. The van der Waals surface area contributed by atoms with Gasteiger partial charge >= 0.3 is 0 Å². The summed E-state index contributed by atoms with van der Waals surface area (Å²) in [6, 6.07) is 9.15. The highest BCUT2D eigenvalue weighted by Crippen LogP contribution is 2.16. The van der Waals surface area contributed by atoms with Gasteiger partial charge in [-0.2, -0.15) is 10.4 Å². The number of hydrogen-bond acceptors (Lipinski definition) is 4. The lowest BCUT2D eigenvalue weighted by atomic mass is 10.2. The fourth-order valence-electron chi connectivity index (χ4n) is 1.54. The smallest absolute Gasteiger partial charge is 0.145 e. The molecule has 0 saturated heterocycles. The van der Waals surface area contributed by atoms with Crippen molar-refractivity contribution in [1.29, 1.82) is 5.26 Å². The fraction of sp³-hybridized carbons (Fsp3) is 0.0769. The van der Waals surface area contributed by atoms with Crippen LogP contribution >= 0.6 is 0 Å². The van der Waals surface area contributed by atoms with E-state index in [0.717, 1.165) is 11.3 Å². The highest BCUT2D eigenvalue weighted by atomic mass is 15.3. The summed E-state index contributed by atoms with van der Waals surface area (Å²) in [6.45, 7) is 0.135. The number of aromatic nitrogens is 2. The van der Waals surface area contributed by atoms with Gasteiger partial charge in [0.05, 0.1) is 18.4 Å². The molecule has 20 heavy (non-hydrogen) atoms. The molecule has 0 aliphatic carbocycles. The van der Waals surface area contributed by atoms with Crippen LogP contribution in [0, 0.1) is 23.2 Å². The van der Waals surface area contributed by atoms with Crippen molar-refractivity contribution in [2.24, 2.45) is 5.11 Å². The molecule has 1 heterocycles. The SMILES string of the molecule is N#Cc1cnn(-c2ccc(C#CCN=[N+]=[N-])cc2)c1N. The maximum atomic E-state index is 8.83. The molecule has 1 aromatic heterocycles. The van der Waals surface area contributed by atoms with Gasteiger partial charge in [0.1, 0.15) is 17.5 Å². The minimum atomic E-state index is 0.135. The van der Waals surface area contributed by atoms with Crippen molar-refractivity contribution in [3.05, 3.63) is 52.0 Å². The topological polar surface area (TPSA) is 116 Å².